The van der Waals surface area contributed by atoms with Crippen LogP contribution in [-0.4, -0.2) is 37.1 Å². The summed E-state index contributed by atoms with van der Waals surface area (Å²) in [5, 5.41) is 6.06. The monoisotopic (exact) mass is 288 g/mol. The van der Waals surface area contributed by atoms with Crippen LogP contribution in [0, 0.1) is 0 Å². The van der Waals surface area contributed by atoms with Gasteiger partial charge in [0.2, 0.25) is 0 Å². The van der Waals surface area contributed by atoms with E-state index in [4.69, 9.17) is 0 Å². The highest BCUT2D eigenvalue weighted by atomic mass is 16.2. The van der Waals surface area contributed by atoms with Gasteiger partial charge < -0.3 is 15.5 Å². The molecule has 0 fully saturated rings. The van der Waals surface area contributed by atoms with Gasteiger partial charge in [-0.25, -0.2) is 0 Å². The first kappa shape index (κ1) is 15.2. The maximum atomic E-state index is 11.6. The molecule has 2 N–H and O–H groups in total. The first-order valence-corrected chi connectivity index (χ1v) is 6.94. The van der Waals surface area contributed by atoms with Crippen LogP contribution in [-0.2, 0) is 6.54 Å². The van der Waals surface area contributed by atoms with E-state index in [1.807, 2.05) is 26.2 Å². The highest BCUT2D eigenvalue weighted by Gasteiger charge is 2.19. The minimum absolute atomic E-state index is 0.383. The molecule has 0 unspecified atom stereocenters. The summed E-state index contributed by atoms with van der Waals surface area (Å²) in [5.41, 5.74) is 0.864. The number of anilines is 2. The SMILES string of the molecule is CN(C)CCCNc1c(NCc2cccnc2)c(=O)c1=O. The van der Waals surface area contributed by atoms with Crippen LogP contribution in [0.15, 0.2) is 34.1 Å². The molecule has 0 aliphatic carbocycles. The van der Waals surface area contributed by atoms with Crippen molar-refractivity contribution < 1.29 is 0 Å². The molecule has 0 atom stereocenters. The van der Waals surface area contributed by atoms with Crippen LogP contribution in [0.4, 0.5) is 11.4 Å². The predicted molar refractivity (Wildman–Crippen MR) is 84.6 cm³/mol. The van der Waals surface area contributed by atoms with Gasteiger partial charge in [0.05, 0.1) is 0 Å². The van der Waals surface area contributed by atoms with Crippen LogP contribution >= 0.6 is 0 Å². The Bertz CT molecular complexity index is 645. The molecular weight excluding hydrogens is 268 g/mol. The van der Waals surface area contributed by atoms with E-state index in [0.29, 0.717) is 24.5 Å². The smallest absolute Gasteiger partial charge is 0.253 e. The normalized spacial score (nSPS) is 11.0. The summed E-state index contributed by atoms with van der Waals surface area (Å²) in [5.74, 6) is 0. The Morgan fingerprint density at radius 3 is 2.48 bits per heavy atom. The van der Waals surface area contributed by atoms with Crippen LogP contribution in [0.25, 0.3) is 0 Å². The van der Waals surface area contributed by atoms with Gasteiger partial charge in [-0.2, -0.15) is 0 Å². The number of pyridine rings is 1. The molecule has 0 radical (unpaired) electrons. The Morgan fingerprint density at radius 2 is 1.86 bits per heavy atom. The Morgan fingerprint density at radius 1 is 1.14 bits per heavy atom. The van der Waals surface area contributed by atoms with Crippen molar-refractivity contribution in [2.24, 2.45) is 0 Å². The average molecular weight is 288 g/mol. The van der Waals surface area contributed by atoms with Gasteiger partial charge in [-0.05, 0) is 38.7 Å². The Labute approximate surface area is 123 Å². The van der Waals surface area contributed by atoms with Crippen molar-refractivity contribution in [3.63, 3.8) is 0 Å². The predicted octanol–water partition coefficient (Wildman–Crippen LogP) is 0.653. The minimum atomic E-state index is -0.450. The molecule has 0 spiro atoms. The largest absolute Gasteiger partial charge is 0.380 e. The third-order valence-corrected chi connectivity index (χ3v) is 3.19. The lowest BCUT2D eigenvalue weighted by molar-refractivity contribution is 0.405. The molecule has 0 saturated heterocycles. The maximum Gasteiger partial charge on any atom is 0.253 e. The second-order valence-electron chi connectivity index (χ2n) is 5.21. The topological polar surface area (TPSA) is 74.3 Å². The molecule has 0 amide bonds. The zero-order chi connectivity index (χ0) is 15.2. The highest BCUT2D eigenvalue weighted by Crippen LogP contribution is 2.15. The van der Waals surface area contributed by atoms with Crippen molar-refractivity contribution in [3.05, 3.63) is 50.5 Å². The summed E-state index contributed by atoms with van der Waals surface area (Å²) in [6.07, 6.45) is 4.33. The molecule has 21 heavy (non-hydrogen) atoms. The molecule has 1 aromatic carbocycles. The lowest BCUT2D eigenvalue weighted by atomic mass is 10.1. The first-order chi connectivity index (χ1) is 10.1. The lowest BCUT2D eigenvalue weighted by Crippen LogP contribution is -2.37. The molecule has 6 heteroatoms. The van der Waals surface area contributed by atoms with E-state index in [-0.39, 0.29) is 0 Å². The van der Waals surface area contributed by atoms with Crippen LogP contribution in [0.3, 0.4) is 0 Å². The zero-order valence-corrected chi connectivity index (χ0v) is 12.3. The van der Waals surface area contributed by atoms with Crippen molar-refractivity contribution in [2.45, 2.75) is 13.0 Å². The molecule has 0 aliphatic rings. The van der Waals surface area contributed by atoms with E-state index in [2.05, 4.69) is 20.5 Å². The summed E-state index contributed by atoms with van der Waals surface area (Å²) in [4.78, 5) is 29.3. The number of nitrogens with one attached hydrogen (secondary N) is 2. The fourth-order valence-corrected chi connectivity index (χ4v) is 2.03. The van der Waals surface area contributed by atoms with Crippen molar-refractivity contribution in [1.82, 2.24) is 9.88 Å². The van der Waals surface area contributed by atoms with Crippen LogP contribution in [0.5, 0.6) is 0 Å². The molecule has 0 aliphatic heterocycles. The molecule has 0 bridgehead atoms. The summed E-state index contributed by atoms with van der Waals surface area (Å²) in [7, 11) is 4.00. The van der Waals surface area contributed by atoms with Crippen molar-refractivity contribution in [3.8, 4) is 0 Å². The molecule has 6 nitrogen and oxygen atoms in total. The number of hydrogen-bond acceptors (Lipinski definition) is 6. The van der Waals surface area contributed by atoms with Crippen LogP contribution in [0.1, 0.15) is 12.0 Å². The Balaban J connectivity index is 1.90. The van der Waals surface area contributed by atoms with Gasteiger partial charge in [0.15, 0.2) is 0 Å². The number of rotatable bonds is 8. The average Bonchev–Trinajstić information content (AvgIpc) is 2.49. The zero-order valence-electron chi connectivity index (χ0n) is 12.3. The Hall–Kier alpha value is -2.21. The summed E-state index contributed by atoms with van der Waals surface area (Å²) in [6.45, 7) is 2.08. The third-order valence-electron chi connectivity index (χ3n) is 3.19. The van der Waals surface area contributed by atoms with Crippen LogP contribution in [0.2, 0.25) is 0 Å². The molecule has 112 valence electrons. The molecular formula is C15H20N4O2. The fourth-order valence-electron chi connectivity index (χ4n) is 2.03. The van der Waals surface area contributed by atoms with E-state index in [9.17, 15) is 9.59 Å². The third kappa shape index (κ3) is 3.88. The molecule has 1 aromatic heterocycles. The Kier molecular flexibility index (Phi) is 5.05. The van der Waals surface area contributed by atoms with Gasteiger partial charge in [-0.15, -0.1) is 0 Å². The second kappa shape index (κ2) is 6.99. The molecule has 2 aromatic rings. The summed E-state index contributed by atoms with van der Waals surface area (Å²) in [6, 6.07) is 3.75. The number of aromatic nitrogens is 1. The van der Waals surface area contributed by atoms with Gasteiger partial charge in [0.1, 0.15) is 11.4 Å². The van der Waals surface area contributed by atoms with Crippen molar-refractivity contribution in [2.75, 3.05) is 37.8 Å². The summed E-state index contributed by atoms with van der Waals surface area (Å²) >= 11 is 0. The van der Waals surface area contributed by atoms with E-state index >= 15 is 0 Å². The van der Waals surface area contributed by atoms with E-state index in [1.54, 1.807) is 12.4 Å². The minimum Gasteiger partial charge on any atom is -0.380 e. The molecule has 0 saturated carbocycles. The van der Waals surface area contributed by atoms with E-state index in [1.165, 1.54) is 0 Å². The second-order valence-corrected chi connectivity index (χ2v) is 5.21. The first-order valence-electron chi connectivity index (χ1n) is 6.94. The van der Waals surface area contributed by atoms with Gasteiger partial charge in [0.25, 0.3) is 10.9 Å². The molecule has 1 heterocycles. The number of nitrogens with zero attached hydrogens (tertiary/aromatic N) is 2. The standard InChI is InChI=1S/C15H20N4O2/c1-19(2)8-4-7-17-12-13(15(21)14(12)20)18-10-11-5-3-6-16-9-11/h3,5-6,9,17-18H,4,7-8,10H2,1-2H3. The number of hydrogen-bond donors (Lipinski definition) is 2. The van der Waals surface area contributed by atoms with Gasteiger partial charge in [-0.1, -0.05) is 6.07 Å². The fraction of sp³-hybridized carbons (Fsp3) is 0.400. The lowest BCUT2D eigenvalue weighted by Gasteiger charge is -2.15. The van der Waals surface area contributed by atoms with Crippen LogP contribution < -0.4 is 21.5 Å². The quantitative estimate of drug-likeness (QED) is 0.549. The van der Waals surface area contributed by atoms with Crippen molar-refractivity contribution in [1.29, 1.82) is 0 Å². The van der Waals surface area contributed by atoms with E-state index in [0.717, 1.165) is 18.5 Å². The van der Waals surface area contributed by atoms with Gasteiger partial charge >= 0.3 is 0 Å². The maximum absolute atomic E-state index is 11.6. The van der Waals surface area contributed by atoms with Crippen molar-refractivity contribution >= 4 is 11.4 Å². The molecule has 2 rings (SSSR count). The van der Waals surface area contributed by atoms with E-state index < -0.39 is 10.9 Å². The van der Waals surface area contributed by atoms with Gasteiger partial charge in [-0.3, -0.25) is 14.6 Å². The highest BCUT2D eigenvalue weighted by molar-refractivity contribution is 5.73. The summed E-state index contributed by atoms with van der Waals surface area (Å²) < 4.78 is 0. The van der Waals surface area contributed by atoms with Gasteiger partial charge in [0, 0.05) is 25.5 Å².